The minimum absolute atomic E-state index is 0.165. The molecule has 4 heteroatoms. The Kier molecular flexibility index (Phi) is 5.22. The predicted octanol–water partition coefficient (Wildman–Crippen LogP) is 0.917. The largest absolute Gasteiger partial charge is 0.459 e. The van der Waals surface area contributed by atoms with E-state index in [-0.39, 0.29) is 11.6 Å². The number of ether oxygens (including phenoxy) is 1. The summed E-state index contributed by atoms with van der Waals surface area (Å²) in [5.74, 6) is 0.533. The monoisotopic (exact) mass is 228 g/mol. The topological polar surface area (TPSA) is 50.4 Å². The molecule has 16 heavy (non-hydrogen) atoms. The normalized spacial score (nSPS) is 18.4. The van der Waals surface area contributed by atoms with Gasteiger partial charge in [-0.15, -0.1) is 0 Å². The molecule has 0 amide bonds. The molecule has 1 saturated heterocycles. The van der Waals surface area contributed by atoms with Gasteiger partial charge in [0.1, 0.15) is 5.60 Å². The minimum Gasteiger partial charge on any atom is -0.459 e. The average Bonchev–Trinajstić information content (AvgIpc) is 2.16. The number of hydrogen-bond acceptors (Lipinski definition) is 4. The maximum Gasteiger partial charge on any atom is 0.320 e. The molecule has 0 aromatic heterocycles. The zero-order valence-corrected chi connectivity index (χ0v) is 10.6. The lowest BCUT2D eigenvalue weighted by Gasteiger charge is -2.23. The van der Waals surface area contributed by atoms with Gasteiger partial charge in [-0.3, -0.25) is 4.79 Å². The maximum atomic E-state index is 11.4. The Labute approximate surface area is 98.1 Å². The summed E-state index contributed by atoms with van der Waals surface area (Å²) in [6.07, 6.45) is 2.39. The van der Waals surface area contributed by atoms with Crippen LogP contribution in [0.4, 0.5) is 0 Å². The van der Waals surface area contributed by atoms with Crippen LogP contribution in [0.15, 0.2) is 0 Å². The number of esters is 1. The van der Waals surface area contributed by atoms with E-state index in [1.165, 1.54) is 12.8 Å². The molecule has 94 valence electrons. The lowest BCUT2D eigenvalue weighted by Crippen LogP contribution is -2.37. The first kappa shape index (κ1) is 13.5. The van der Waals surface area contributed by atoms with Gasteiger partial charge in [-0.25, -0.2) is 0 Å². The van der Waals surface area contributed by atoms with Gasteiger partial charge in [-0.05, 0) is 59.2 Å². The van der Waals surface area contributed by atoms with E-state index < -0.39 is 0 Å². The number of carbonyl (C=O) groups excluding carboxylic acids is 1. The van der Waals surface area contributed by atoms with Crippen LogP contribution < -0.4 is 10.6 Å². The minimum atomic E-state index is -0.381. The highest BCUT2D eigenvalue weighted by Gasteiger charge is 2.17. The van der Waals surface area contributed by atoms with Crippen LogP contribution >= 0.6 is 0 Å². The van der Waals surface area contributed by atoms with Crippen LogP contribution in [0.3, 0.4) is 0 Å². The molecule has 0 spiro atoms. The van der Waals surface area contributed by atoms with Gasteiger partial charge in [0, 0.05) is 0 Å². The third-order valence-corrected chi connectivity index (χ3v) is 2.58. The lowest BCUT2D eigenvalue weighted by molar-refractivity contribution is -0.153. The number of nitrogens with one attached hydrogen (secondary N) is 2. The van der Waals surface area contributed by atoms with Crippen LogP contribution in [0.5, 0.6) is 0 Å². The molecule has 0 aromatic carbocycles. The van der Waals surface area contributed by atoms with Gasteiger partial charge < -0.3 is 15.4 Å². The van der Waals surface area contributed by atoms with E-state index in [2.05, 4.69) is 10.6 Å². The van der Waals surface area contributed by atoms with Crippen molar-refractivity contribution in [2.75, 3.05) is 26.2 Å². The molecule has 1 rings (SSSR count). The molecule has 0 aliphatic carbocycles. The first-order valence-electron chi connectivity index (χ1n) is 6.10. The first-order chi connectivity index (χ1) is 7.47. The van der Waals surface area contributed by atoms with Crippen molar-refractivity contribution in [2.45, 2.75) is 39.2 Å². The Bertz CT molecular complexity index is 218. The van der Waals surface area contributed by atoms with Crippen molar-refractivity contribution in [3.8, 4) is 0 Å². The fraction of sp³-hybridized carbons (Fsp3) is 0.917. The van der Waals surface area contributed by atoms with E-state index in [1.54, 1.807) is 0 Å². The Morgan fingerprint density at radius 2 is 2.00 bits per heavy atom. The van der Waals surface area contributed by atoms with Crippen molar-refractivity contribution in [2.24, 2.45) is 5.92 Å². The summed E-state index contributed by atoms with van der Waals surface area (Å²) >= 11 is 0. The fourth-order valence-electron chi connectivity index (χ4n) is 1.84. The molecule has 0 bridgehead atoms. The van der Waals surface area contributed by atoms with Gasteiger partial charge in [0.15, 0.2) is 0 Å². The molecule has 1 heterocycles. The van der Waals surface area contributed by atoms with E-state index in [9.17, 15) is 4.79 Å². The maximum absolute atomic E-state index is 11.4. The second-order valence-corrected chi connectivity index (χ2v) is 5.41. The lowest BCUT2D eigenvalue weighted by atomic mass is 9.98. The molecule has 1 aliphatic rings. The highest BCUT2D eigenvalue weighted by atomic mass is 16.6. The van der Waals surface area contributed by atoms with E-state index in [1.807, 2.05) is 20.8 Å². The van der Waals surface area contributed by atoms with Crippen molar-refractivity contribution >= 4 is 5.97 Å². The first-order valence-corrected chi connectivity index (χ1v) is 6.10. The zero-order valence-electron chi connectivity index (χ0n) is 10.6. The number of rotatable bonds is 4. The highest BCUT2D eigenvalue weighted by Crippen LogP contribution is 2.10. The smallest absolute Gasteiger partial charge is 0.320 e. The van der Waals surface area contributed by atoms with Gasteiger partial charge >= 0.3 is 5.97 Å². The van der Waals surface area contributed by atoms with E-state index >= 15 is 0 Å². The Morgan fingerprint density at radius 3 is 2.56 bits per heavy atom. The number of carbonyl (C=O) groups is 1. The third kappa shape index (κ3) is 6.08. The molecule has 2 N–H and O–H groups in total. The van der Waals surface area contributed by atoms with Crippen LogP contribution in [-0.2, 0) is 9.53 Å². The summed E-state index contributed by atoms with van der Waals surface area (Å²) in [7, 11) is 0. The van der Waals surface area contributed by atoms with E-state index in [0.29, 0.717) is 12.5 Å². The molecule has 1 aliphatic heterocycles. The van der Waals surface area contributed by atoms with E-state index in [0.717, 1.165) is 19.6 Å². The third-order valence-electron chi connectivity index (χ3n) is 2.58. The van der Waals surface area contributed by atoms with Gasteiger partial charge in [0.25, 0.3) is 0 Å². The molecule has 0 radical (unpaired) electrons. The molecular weight excluding hydrogens is 204 g/mol. The molecule has 4 nitrogen and oxygen atoms in total. The van der Waals surface area contributed by atoms with Gasteiger partial charge in [0.2, 0.25) is 0 Å². The van der Waals surface area contributed by atoms with Crippen molar-refractivity contribution < 1.29 is 9.53 Å². The van der Waals surface area contributed by atoms with Crippen LogP contribution in [-0.4, -0.2) is 37.7 Å². The molecule has 0 atom stereocenters. The quantitative estimate of drug-likeness (QED) is 0.703. The summed E-state index contributed by atoms with van der Waals surface area (Å²) < 4.78 is 5.21. The van der Waals surface area contributed by atoms with E-state index in [4.69, 9.17) is 4.74 Å². The molecular formula is C12H24N2O2. The summed E-state index contributed by atoms with van der Waals surface area (Å²) in [5.41, 5.74) is -0.381. The van der Waals surface area contributed by atoms with Crippen LogP contribution in [0.25, 0.3) is 0 Å². The fourth-order valence-corrected chi connectivity index (χ4v) is 1.84. The van der Waals surface area contributed by atoms with Crippen molar-refractivity contribution in [1.82, 2.24) is 10.6 Å². The number of hydrogen-bond donors (Lipinski definition) is 2. The highest BCUT2D eigenvalue weighted by molar-refractivity contribution is 5.72. The summed E-state index contributed by atoms with van der Waals surface area (Å²) in [4.78, 5) is 11.4. The van der Waals surface area contributed by atoms with Crippen LogP contribution in [0.1, 0.15) is 33.6 Å². The standard InChI is InChI=1S/C12H24N2O2/c1-12(2,3)16-11(15)9-14-8-10-4-6-13-7-5-10/h10,13-14H,4-9H2,1-3H3. The summed E-state index contributed by atoms with van der Waals surface area (Å²) in [6, 6.07) is 0. The average molecular weight is 228 g/mol. The Balaban J connectivity index is 2.08. The zero-order chi connectivity index (χ0) is 12.0. The van der Waals surface area contributed by atoms with Crippen LogP contribution in [0.2, 0.25) is 0 Å². The SMILES string of the molecule is CC(C)(C)OC(=O)CNCC1CCNCC1. The Hall–Kier alpha value is -0.610. The molecule has 0 unspecified atom stereocenters. The van der Waals surface area contributed by atoms with Crippen molar-refractivity contribution in [3.63, 3.8) is 0 Å². The Morgan fingerprint density at radius 1 is 1.38 bits per heavy atom. The predicted molar refractivity (Wildman–Crippen MR) is 64.3 cm³/mol. The second kappa shape index (κ2) is 6.21. The van der Waals surface area contributed by atoms with Crippen molar-refractivity contribution in [1.29, 1.82) is 0 Å². The second-order valence-electron chi connectivity index (χ2n) is 5.41. The van der Waals surface area contributed by atoms with Crippen molar-refractivity contribution in [3.05, 3.63) is 0 Å². The summed E-state index contributed by atoms with van der Waals surface area (Å²) in [6.45, 7) is 9.09. The summed E-state index contributed by atoms with van der Waals surface area (Å²) in [5, 5.41) is 6.50. The van der Waals surface area contributed by atoms with Gasteiger partial charge in [-0.1, -0.05) is 0 Å². The van der Waals surface area contributed by atoms with Crippen LogP contribution in [0, 0.1) is 5.92 Å². The molecule has 1 fully saturated rings. The van der Waals surface area contributed by atoms with Gasteiger partial charge in [-0.2, -0.15) is 0 Å². The molecule has 0 aromatic rings. The number of piperidine rings is 1. The van der Waals surface area contributed by atoms with Gasteiger partial charge in [0.05, 0.1) is 6.54 Å². The molecule has 0 saturated carbocycles.